The standard InChI is InChI=1S/C34H43N3O6S/c1-3-43-25-9-22-35-34(39)33(29-10-5-4-6-11-29)37(26-28-12-17-30(42-2)18-13-28)32(38)21-16-27-14-19-31(20-15-27)44(40,41)36-23-7-8-24-36/h4-6,10-15,17-20,33H,3,7-9,16,21-26H2,1-2H3,(H,35,39)/t33-/m0/s1. The lowest BCUT2D eigenvalue weighted by Crippen LogP contribution is -2.43. The lowest BCUT2D eigenvalue weighted by Gasteiger charge is -2.32. The first-order valence-electron chi connectivity index (χ1n) is 15.3. The summed E-state index contributed by atoms with van der Waals surface area (Å²) in [6.07, 6.45) is 2.97. The molecular formula is C34H43N3O6S. The van der Waals surface area contributed by atoms with Gasteiger partial charge in [0.15, 0.2) is 0 Å². The molecule has 1 fully saturated rings. The molecular weight excluding hydrogens is 578 g/mol. The van der Waals surface area contributed by atoms with Gasteiger partial charge >= 0.3 is 0 Å². The normalized spacial score (nSPS) is 14.2. The molecule has 3 aromatic rings. The molecule has 10 heteroatoms. The molecule has 0 bridgehead atoms. The number of ether oxygens (including phenoxy) is 2. The highest BCUT2D eigenvalue weighted by Crippen LogP contribution is 2.26. The second-order valence-corrected chi connectivity index (χ2v) is 12.7. The lowest BCUT2D eigenvalue weighted by atomic mass is 10.0. The Morgan fingerprint density at radius 3 is 2.23 bits per heavy atom. The second-order valence-electron chi connectivity index (χ2n) is 10.8. The van der Waals surface area contributed by atoms with Gasteiger partial charge in [-0.2, -0.15) is 4.31 Å². The van der Waals surface area contributed by atoms with Crippen LogP contribution in [-0.2, 0) is 37.3 Å². The van der Waals surface area contributed by atoms with E-state index in [0.29, 0.717) is 57.0 Å². The summed E-state index contributed by atoms with van der Waals surface area (Å²) < 4.78 is 38.1. The van der Waals surface area contributed by atoms with Crippen molar-refractivity contribution >= 4 is 21.8 Å². The smallest absolute Gasteiger partial charge is 0.247 e. The van der Waals surface area contributed by atoms with Crippen LogP contribution in [-0.4, -0.2) is 69.4 Å². The molecule has 0 aromatic heterocycles. The van der Waals surface area contributed by atoms with Crippen LogP contribution < -0.4 is 10.1 Å². The number of nitrogens with one attached hydrogen (secondary N) is 1. The number of carbonyl (C=O) groups is 2. The second kappa shape index (κ2) is 16.4. The zero-order valence-corrected chi connectivity index (χ0v) is 26.4. The Hall–Kier alpha value is -3.73. The van der Waals surface area contributed by atoms with Gasteiger partial charge in [-0.15, -0.1) is 0 Å². The minimum atomic E-state index is -3.51. The molecule has 236 valence electrons. The predicted octanol–water partition coefficient (Wildman–Crippen LogP) is 4.73. The van der Waals surface area contributed by atoms with Gasteiger partial charge in [-0.3, -0.25) is 9.59 Å². The summed E-state index contributed by atoms with van der Waals surface area (Å²) in [5, 5.41) is 3.00. The molecule has 0 unspecified atom stereocenters. The maximum atomic E-state index is 14.0. The van der Waals surface area contributed by atoms with E-state index in [2.05, 4.69) is 5.32 Å². The molecule has 1 aliphatic rings. The topological polar surface area (TPSA) is 105 Å². The molecule has 0 radical (unpaired) electrons. The van der Waals surface area contributed by atoms with E-state index < -0.39 is 16.1 Å². The van der Waals surface area contributed by atoms with Gasteiger partial charge in [-0.25, -0.2) is 8.42 Å². The Kier molecular flexibility index (Phi) is 12.3. The number of methoxy groups -OCH3 is 1. The van der Waals surface area contributed by atoms with Gasteiger partial charge < -0.3 is 19.7 Å². The van der Waals surface area contributed by atoms with Crippen molar-refractivity contribution < 1.29 is 27.5 Å². The molecule has 1 atom stereocenters. The van der Waals surface area contributed by atoms with Crippen molar-refractivity contribution in [3.63, 3.8) is 0 Å². The Morgan fingerprint density at radius 1 is 0.932 bits per heavy atom. The van der Waals surface area contributed by atoms with Crippen LogP contribution in [0.5, 0.6) is 5.75 Å². The van der Waals surface area contributed by atoms with Crippen molar-refractivity contribution in [3.05, 3.63) is 95.6 Å². The van der Waals surface area contributed by atoms with Gasteiger partial charge in [-0.05, 0) is 73.6 Å². The highest BCUT2D eigenvalue weighted by Gasteiger charge is 2.31. The van der Waals surface area contributed by atoms with Crippen molar-refractivity contribution in [1.29, 1.82) is 0 Å². The van der Waals surface area contributed by atoms with E-state index in [1.807, 2.05) is 61.5 Å². The molecule has 3 aromatic carbocycles. The molecule has 9 nitrogen and oxygen atoms in total. The van der Waals surface area contributed by atoms with Gasteiger partial charge in [0.05, 0.1) is 12.0 Å². The van der Waals surface area contributed by atoms with Crippen LogP contribution >= 0.6 is 0 Å². The lowest BCUT2D eigenvalue weighted by molar-refractivity contribution is -0.141. The molecule has 0 spiro atoms. The fourth-order valence-corrected chi connectivity index (χ4v) is 6.80. The summed E-state index contributed by atoms with van der Waals surface area (Å²) >= 11 is 0. The fraction of sp³-hybridized carbons (Fsp3) is 0.412. The van der Waals surface area contributed by atoms with Gasteiger partial charge in [-0.1, -0.05) is 54.6 Å². The van der Waals surface area contributed by atoms with Crippen LogP contribution in [0.2, 0.25) is 0 Å². The molecule has 4 rings (SSSR count). The predicted molar refractivity (Wildman–Crippen MR) is 170 cm³/mol. The molecule has 1 saturated heterocycles. The van der Waals surface area contributed by atoms with Gasteiger partial charge in [0.1, 0.15) is 11.8 Å². The van der Waals surface area contributed by atoms with Crippen LogP contribution in [0.3, 0.4) is 0 Å². The minimum absolute atomic E-state index is 0.148. The average molecular weight is 622 g/mol. The molecule has 1 N–H and O–H groups in total. The number of hydrogen-bond donors (Lipinski definition) is 1. The van der Waals surface area contributed by atoms with Crippen LogP contribution in [0.15, 0.2) is 83.8 Å². The van der Waals surface area contributed by atoms with E-state index in [9.17, 15) is 18.0 Å². The number of rotatable bonds is 16. The third kappa shape index (κ3) is 8.90. The van der Waals surface area contributed by atoms with E-state index >= 15 is 0 Å². The molecule has 1 heterocycles. The van der Waals surface area contributed by atoms with Crippen LogP contribution in [0.25, 0.3) is 0 Å². The van der Waals surface area contributed by atoms with Gasteiger partial charge in [0, 0.05) is 45.8 Å². The summed E-state index contributed by atoms with van der Waals surface area (Å²) in [6.45, 7) is 4.83. The van der Waals surface area contributed by atoms with Crippen LogP contribution in [0, 0.1) is 0 Å². The maximum Gasteiger partial charge on any atom is 0.247 e. The quantitative estimate of drug-likeness (QED) is 0.232. The van der Waals surface area contributed by atoms with Gasteiger partial charge in [0.25, 0.3) is 0 Å². The molecule has 1 aliphatic heterocycles. The van der Waals surface area contributed by atoms with Crippen LogP contribution in [0.4, 0.5) is 0 Å². The van der Waals surface area contributed by atoms with E-state index in [-0.39, 0.29) is 29.7 Å². The van der Waals surface area contributed by atoms with Crippen molar-refractivity contribution in [2.24, 2.45) is 0 Å². The number of amides is 2. The molecule has 44 heavy (non-hydrogen) atoms. The molecule has 0 aliphatic carbocycles. The van der Waals surface area contributed by atoms with Gasteiger partial charge in [0.2, 0.25) is 21.8 Å². The monoisotopic (exact) mass is 621 g/mol. The number of carbonyl (C=O) groups excluding carboxylic acids is 2. The Labute approximate surface area is 261 Å². The Bertz CT molecular complexity index is 1440. The molecule has 2 amide bonds. The van der Waals surface area contributed by atoms with Crippen molar-refractivity contribution in [3.8, 4) is 5.75 Å². The summed E-state index contributed by atoms with van der Waals surface area (Å²) in [5.41, 5.74) is 2.42. The third-order valence-electron chi connectivity index (χ3n) is 7.73. The van der Waals surface area contributed by atoms with E-state index in [1.165, 1.54) is 4.31 Å². The number of aryl methyl sites for hydroxylation is 1. The number of nitrogens with zero attached hydrogens (tertiary/aromatic N) is 2. The van der Waals surface area contributed by atoms with E-state index in [1.54, 1.807) is 36.3 Å². The highest BCUT2D eigenvalue weighted by molar-refractivity contribution is 7.89. The van der Waals surface area contributed by atoms with E-state index in [4.69, 9.17) is 9.47 Å². The van der Waals surface area contributed by atoms with E-state index in [0.717, 1.165) is 24.0 Å². The SMILES string of the molecule is CCOCCCNC(=O)[C@H](c1ccccc1)N(Cc1ccc(OC)cc1)C(=O)CCc1ccc(S(=O)(=O)N2CCCC2)cc1. The molecule has 0 saturated carbocycles. The first kappa shape index (κ1) is 33.2. The summed E-state index contributed by atoms with van der Waals surface area (Å²) in [6, 6.07) is 22.7. The first-order chi connectivity index (χ1) is 21.3. The Balaban J connectivity index is 1.54. The third-order valence-corrected chi connectivity index (χ3v) is 9.64. The minimum Gasteiger partial charge on any atom is -0.497 e. The van der Waals surface area contributed by atoms with Crippen molar-refractivity contribution in [1.82, 2.24) is 14.5 Å². The van der Waals surface area contributed by atoms with Crippen molar-refractivity contribution in [2.75, 3.05) is 40.0 Å². The number of benzene rings is 3. The largest absolute Gasteiger partial charge is 0.497 e. The summed E-state index contributed by atoms with van der Waals surface area (Å²) in [7, 11) is -1.91. The fourth-order valence-electron chi connectivity index (χ4n) is 5.29. The Morgan fingerprint density at radius 2 is 1.59 bits per heavy atom. The zero-order valence-electron chi connectivity index (χ0n) is 25.6. The van der Waals surface area contributed by atoms with Crippen LogP contribution in [0.1, 0.15) is 55.3 Å². The van der Waals surface area contributed by atoms with Crippen molar-refractivity contribution in [2.45, 2.75) is 56.5 Å². The summed E-state index contributed by atoms with van der Waals surface area (Å²) in [5.74, 6) is 0.257. The summed E-state index contributed by atoms with van der Waals surface area (Å²) in [4.78, 5) is 29.6. The average Bonchev–Trinajstić information content (AvgIpc) is 3.61. The first-order valence-corrected chi connectivity index (χ1v) is 16.7. The number of sulfonamides is 1. The maximum absolute atomic E-state index is 14.0. The highest BCUT2D eigenvalue weighted by atomic mass is 32.2. The zero-order chi connectivity index (χ0) is 31.4. The number of hydrogen-bond acceptors (Lipinski definition) is 6.